The lowest BCUT2D eigenvalue weighted by Gasteiger charge is -2.27. The molecule has 0 aliphatic carbocycles. The van der Waals surface area contributed by atoms with Gasteiger partial charge in [0.1, 0.15) is 30.2 Å². The van der Waals surface area contributed by atoms with E-state index in [1.54, 1.807) is 27.7 Å². The summed E-state index contributed by atoms with van der Waals surface area (Å²) >= 11 is 0. The van der Waals surface area contributed by atoms with Crippen molar-refractivity contribution in [2.24, 2.45) is 11.8 Å². The quantitative estimate of drug-likeness (QED) is 0.150. The van der Waals surface area contributed by atoms with Crippen molar-refractivity contribution in [1.82, 2.24) is 14.9 Å². The summed E-state index contributed by atoms with van der Waals surface area (Å²) in [7, 11) is 0. The van der Waals surface area contributed by atoms with Crippen LogP contribution in [0.25, 0.3) is 0 Å². The molecule has 2 amide bonds. The van der Waals surface area contributed by atoms with Crippen LogP contribution < -0.4 is 16.3 Å². The third-order valence-electron chi connectivity index (χ3n) is 5.32. The molecule has 15 heteroatoms. The minimum absolute atomic E-state index is 0.118. The maximum Gasteiger partial charge on any atom is 0.412 e. The molecule has 1 unspecified atom stereocenters. The largest absolute Gasteiger partial charge is 0.447 e. The van der Waals surface area contributed by atoms with Crippen LogP contribution in [0.1, 0.15) is 40.8 Å². The van der Waals surface area contributed by atoms with E-state index in [0.29, 0.717) is 0 Å². The van der Waals surface area contributed by atoms with Gasteiger partial charge in [-0.1, -0.05) is 27.7 Å². The Kier molecular flexibility index (Phi) is 10.4. The van der Waals surface area contributed by atoms with Gasteiger partial charge in [0.25, 0.3) is 6.29 Å². The van der Waals surface area contributed by atoms with Gasteiger partial charge in [-0.3, -0.25) is 14.7 Å². The molecule has 0 spiro atoms. The van der Waals surface area contributed by atoms with Gasteiger partial charge in [-0.25, -0.2) is 14.4 Å². The van der Waals surface area contributed by atoms with Crippen LogP contribution >= 0.6 is 0 Å². The van der Waals surface area contributed by atoms with Crippen LogP contribution in [-0.4, -0.2) is 86.9 Å². The number of anilines is 1. The number of aliphatic hydroxyl groups is 3. The lowest BCUT2D eigenvalue weighted by molar-refractivity contribution is -0.178. The first-order chi connectivity index (χ1) is 17.3. The second-order valence-electron chi connectivity index (χ2n) is 9.18. The molecule has 208 valence electrons. The SMILES string of the molecule is CC(C)C(=O)OC(OC(=O)NCCOC(=O)Nc1ccn([C@@H]2O[C@H](CO)[C@@H](O)[C@@]2(C)O)c(=O)n1)C(C)C. The molecule has 0 radical (unpaired) electrons. The van der Waals surface area contributed by atoms with E-state index in [-0.39, 0.29) is 30.8 Å². The van der Waals surface area contributed by atoms with E-state index < -0.39 is 60.8 Å². The first-order valence-corrected chi connectivity index (χ1v) is 11.6. The predicted octanol–water partition coefficient (Wildman–Crippen LogP) is -0.299. The second-order valence-corrected chi connectivity index (χ2v) is 9.18. The summed E-state index contributed by atoms with van der Waals surface area (Å²) in [6.45, 7) is 7.03. The smallest absolute Gasteiger partial charge is 0.412 e. The van der Waals surface area contributed by atoms with Crippen LogP contribution in [0, 0.1) is 11.8 Å². The van der Waals surface area contributed by atoms with Crippen molar-refractivity contribution in [2.45, 2.75) is 64.9 Å². The number of carbonyl (C=O) groups is 3. The Morgan fingerprint density at radius 1 is 1.22 bits per heavy atom. The average molecular weight is 531 g/mol. The Balaban J connectivity index is 1.82. The van der Waals surface area contributed by atoms with E-state index in [2.05, 4.69) is 15.6 Å². The number of hydrogen-bond acceptors (Lipinski definition) is 12. The van der Waals surface area contributed by atoms with Crippen LogP contribution in [0.2, 0.25) is 0 Å². The van der Waals surface area contributed by atoms with Gasteiger partial charge in [-0.05, 0) is 13.0 Å². The minimum atomic E-state index is -1.88. The van der Waals surface area contributed by atoms with Crippen LogP contribution in [-0.2, 0) is 23.7 Å². The van der Waals surface area contributed by atoms with Crippen LogP contribution in [0.4, 0.5) is 15.4 Å². The number of carbonyl (C=O) groups excluding carboxylic acids is 3. The summed E-state index contributed by atoms with van der Waals surface area (Å²) in [6.07, 6.45) is -5.60. The van der Waals surface area contributed by atoms with E-state index in [0.717, 1.165) is 4.57 Å². The highest BCUT2D eigenvalue weighted by Crippen LogP contribution is 2.37. The molecule has 1 aromatic heterocycles. The molecule has 5 atom stereocenters. The summed E-state index contributed by atoms with van der Waals surface area (Å²) in [5.74, 6) is -1.35. The van der Waals surface area contributed by atoms with Crippen molar-refractivity contribution < 1.29 is 48.7 Å². The zero-order valence-electron chi connectivity index (χ0n) is 21.2. The van der Waals surface area contributed by atoms with Crippen molar-refractivity contribution >= 4 is 24.0 Å². The first-order valence-electron chi connectivity index (χ1n) is 11.6. The lowest BCUT2D eigenvalue weighted by Crippen LogP contribution is -2.46. The second kappa shape index (κ2) is 12.8. The van der Waals surface area contributed by atoms with Gasteiger partial charge in [-0.15, -0.1) is 0 Å². The van der Waals surface area contributed by atoms with Crippen LogP contribution in [0.3, 0.4) is 0 Å². The fraction of sp³-hybridized carbons (Fsp3) is 0.682. The molecule has 2 heterocycles. The Morgan fingerprint density at radius 2 is 1.89 bits per heavy atom. The number of hydrogen-bond donors (Lipinski definition) is 5. The average Bonchev–Trinajstić information content (AvgIpc) is 3.04. The molecule has 1 fully saturated rings. The van der Waals surface area contributed by atoms with Crippen molar-refractivity contribution in [3.05, 3.63) is 22.7 Å². The normalized spacial score (nSPS) is 24.0. The fourth-order valence-electron chi connectivity index (χ4n) is 3.18. The summed E-state index contributed by atoms with van der Waals surface area (Å²) < 4.78 is 21.4. The molecule has 0 aromatic carbocycles. The topological polar surface area (TPSA) is 208 Å². The third kappa shape index (κ3) is 7.85. The lowest BCUT2D eigenvalue weighted by atomic mass is 9.96. The zero-order chi connectivity index (χ0) is 27.9. The molecule has 1 saturated heterocycles. The Hall–Kier alpha value is -3.27. The van der Waals surface area contributed by atoms with Crippen molar-refractivity contribution in [3.63, 3.8) is 0 Å². The summed E-state index contributed by atoms with van der Waals surface area (Å²) in [5.41, 5.74) is -2.79. The molecule has 1 aliphatic heterocycles. The van der Waals surface area contributed by atoms with E-state index in [1.165, 1.54) is 19.2 Å². The molecular weight excluding hydrogens is 496 g/mol. The number of aromatic nitrogens is 2. The molecule has 0 saturated carbocycles. The van der Waals surface area contributed by atoms with Gasteiger partial charge in [0.15, 0.2) is 6.23 Å². The van der Waals surface area contributed by atoms with Gasteiger partial charge in [-0.2, -0.15) is 4.98 Å². The molecule has 1 aromatic rings. The monoisotopic (exact) mass is 530 g/mol. The molecule has 15 nitrogen and oxygen atoms in total. The van der Waals surface area contributed by atoms with E-state index in [4.69, 9.17) is 18.9 Å². The van der Waals surface area contributed by atoms with E-state index >= 15 is 0 Å². The summed E-state index contributed by atoms with van der Waals surface area (Å²) in [4.78, 5) is 51.7. The number of esters is 1. The molecular formula is C22H34N4O11. The van der Waals surface area contributed by atoms with Crippen molar-refractivity contribution in [2.75, 3.05) is 25.1 Å². The number of alkyl carbamates (subject to hydrolysis) is 1. The van der Waals surface area contributed by atoms with E-state index in [9.17, 15) is 34.5 Å². The third-order valence-corrected chi connectivity index (χ3v) is 5.32. The Labute approximate surface area is 212 Å². The molecule has 37 heavy (non-hydrogen) atoms. The Morgan fingerprint density at radius 3 is 2.43 bits per heavy atom. The summed E-state index contributed by atoms with van der Waals surface area (Å²) in [5, 5.41) is 34.4. The van der Waals surface area contributed by atoms with Gasteiger partial charge in [0.05, 0.1) is 19.1 Å². The van der Waals surface area contributed by atoms with Gasteiger partial charge >= 0.3 is 23.8 Å². The highest BCUT2D eigenvalue weighted by atomic mass is 16.7. The number of nitrogens with one attached hydrogen (secondary N) is 2. The number of aliphatic hydroxyl groups excluding tert-OH is 2. The van der Waals surface area contributed by atoms with Crippen LogP contribution in [0.15, 0.2) is 17.1 Å². The van der Waals surface area contributed by atoms with Crippen molar-refractivity contribution in [3.8, 4) is 0 Å². The van der Waals surface area contributed by atoms with E-state index in [1.807, 2.05) is 0 Å². The maximum absolute atomic E-state index is 12.4. The number of ether oxygens (including phenoxy) is 4. The molecule has 2 rings (SSSR count). The number of rotatable bonds is 10. The highest BCUT2D eigenvalue weighted by Gasteiger charge is 2.53. The highest BCUT2D eigenvalue weighted by molar-refractivity contribution is 5.83. The standard InChI is InChI=1S/C22H34N4O11/c1-11(2)16(29)36-17(12(3)4)37-20(31)23-7-9-34-21(32)25-14-6-8-26(19(30)24-14)18-22(5,33)15(28)13(10-27)35-18/h6,8,11-13,15,17-18,27-28,33H,7,9-10H2,1-5H3,(H,23,31)(H,24,25,30,32)/t13-,15-,17?,18-,22-/m1/s1. The molecule has 0 bridgehead atoms. The number of amides is 2. The molecule has 5 N–H and O–H groups in total. The summed E-state index contributed by atoms with van der Waals surface area (Å²) in [6, 6.07) is 1.24. The van der Waals surface area contributed by atoms with Gasteiger partial charge in [0.2, 0.25) is 0 Å². The predicted molar refractivity (Wildman–Crippen MR) is 125 cm³/mol. The van der Waals surface area contributed by atoms with Gasteiger partial charge < -0.3 is 39.6 Å². The Bertz CT molecular complexity index is 1010. The number of nitrogens with zero attached hydrogens (tertiary/aromatic N) is 2. The maximum atomic E-state index is 12.4. The van der Waals surface area contributed by atoms with Crippen LogP contribution in [0.5, 0.6) is 0 Å². The fourth-order valence-corrected chi connectivity index (χ4v) is 3.18. The molecule has 1 aliphatic rings. The zero-order valence-corrected chi connectivity index (χ0v) is 21.2. The minimum Gasteiger partial charge on any atom is -0.447 e. The van der Waals surface area contributed by atoms with Crippen molar-refractivity contribution in [1.29, 1.82) is 0 Å². The first kappa shape index (κ1) is 30.0. The van der Waals surface area contributed by atoms with Gasteiger partial charge in [0, 0.05) is 12.1 Å².